The molecule has 0 aliphatic rings. The summed E-state index contributed by atoms with van der Waals surface area (Å²) in [5.74, 6) is 0.510. The number of aryl methyl sites for hydroxylation is 1. The summed E-state index contributed by atoms with van der Waals surface area (Å²) in [5, 5.41) is 9.49. The van der Waals surface area contributed by atoms with Gasteiger partial charge in [0.25, 0.3) is 0 Å². The Morgan fingerprint density at radius 2 is 1.47 bits per heavy atom. The van der Waals surface area contributed by atoms with Crippen LogP contribution < -0.4 is 14.2 Å². The number of phenols is 1. The number of methoxy groups -OCH3 is 2. The molecule has 0 aliphatic heterocycles. The molecule has 7 nitrogen and oxygen atoms in total. The van der Waals surface area contributed by atoms with Gasteiger partial charge in [-0.2, -0.15) is 0 Å². The second-order valence-corrected chi connectivity index (χ2v) is 3.70. The normalized spacial score (nSPS) is 10.1. The lowest BCUT2D eigenvalue weighted by atomic mass is 10.2. The third-order valence-electron chi connectivity index (χ3n) is 2.18. The highest BCUT2D eigenvalue weighted by Crippen LogP contribution is 2.26. The van der Waals surface area contributed by atoms with Gasteiger partial charge < -0.3 is 19.3 Å². The number of hydrogen-bond acceptors (Lipinski definition) is 7. The Balaban J connectivity index is 2.31. The van der Waals surface area contributed by atoms with E-state index in [1.807, 2.05) is 6.92 Å². The monoisotopic (exact) mass is 263 g/mol. The predicted octanol–water partition coefficient (Wildman–Crippen LogP) is 1.70. The Bertz CT molecular complexity index is 547. The van der Waals surface area contributed by atoms with E-state index in [-0.39, 0.29) is 23.8 Å². The topological polar surface area (TPSA) is 86.6 Å². The number of aromatic hydroxyl groups is 1. The number of nitrogens with zero attached hydrogens (tertiary/aromatic N) is 3. The molecule has 0 atom stereocenters. The summed E-state index contributed by atoms with van der Waals surface area (Å²) in [6.45, 7) is 1.83. The number of hydrogen-bond donors (Lipinski definition) is 1. The number of rotatable bonds is 4. The van der Waals surface area contributed by atoms with Gasteiger partial charge >= 0.3 is 18.0 Å². The van der Waals surface area contributed by atoms with Crippen LogP contribution in [0.3, 0.4) is 0 Å². The third kappa shape index (κ3) is 3.21. The molecule has 7 heteroatoms. The van der Waals surface area contributed by atoms with Gasteiger partial charge in [-0.15, -0.1) is 15.0 Å². The van der Waals surface area contributed by atoms with Gasteiger partial charge in [0, 0.05) is 6.07 Å². The lowest BCUT2D eigenvalue weighted by molar-refractivity contribution is 0.320. The maximum Gasteiger partial charge on any atom is 0.331 e. The van der Waals surface area contributed by atoms with Crippen molar-refractivity contribution in [2.75, 3.05) is 14.2 Å². The lowest BCUT2D eigenvalue weighted by Gasteiger charge is -2.07. The van der Waals surface area contributed by atoms with E-state index < -0.39 is 0 Å². The van der Waals surface area contributed by atoms with E-state index in [0.717, 1.165) is 5.56 Å². The smallest absolute Gasteiger partial charge is 0.331 e. The van der Waals surface area contributed by atoms with Crippen molar-refractivity contribution in [2.45, 2.75) is 6.92 Å². The van der Waals surface area contributed by atoms with Crippen LogP contribution in [0.25, 0.3) is 0 Å². The highest BCUT2D eigenvalue weighted by Gasteiger charge is 2.09. The molecule has 0 saturated carbocycles. The zero-order chi connectivity index (χ0) is 13.8. The van der Waals surface area contributed by atoms with Crippen molar-refractivity contribution < 1.29 is 19.3 Å². The lowest BCUT2D eigenvalue weighted by Crippen LogP contribution is -2.01. The fourth-order valence-corrected chi connectivity index (χ4v) is 1.44. The van der Waals surface area contributed by atoms with E-state index in [9.17, 15) is 5.11 Å². The van der Waals surface area contributed by atoms with E-state index in [1.54, 1.807) is 12.1 Å². The van der Waals surface area contributed by atoms with Gasteiger partial charge in [-0.05, 0) is 24.6 Å². The van der Waals surface area contributed by atoms with Crippen molar-refractivity contribution in [3.8, 4) is 29.5 Å². The Kier molecular flexibility index (Phi) is 3.65. The molecular weight excluding hydrogens is 250 g/mol. The Morgan fingerprint density at radius 3 is 2.00 bits per heavy atom. The molecule has 0 fully saturated rings. The molecule has 0 saturated heterocycles. The fraction of sp³-hybridized carbons (Fsp3) is 0.250. The van der Waals surface area contributed by atoms with Crippen molar-refractivity contribution >= 4 is 0 Å². The Hall–Kier alpha value is -2.57. The van der Waals surface area contributed by atoms with Crippen LogP contribution in [0.15, 0.2) is 18.2 Å². The van der Waals surface area contributed by atoms with Crippen molar-refractivity contribution in [3.63, 3.8) is 0 Å². The van der Waals surface area contributed by atoms with E-state index >= 15 is 0 Å². The molecule has 0 radical (unpaired) electrons. The fourth-order valence-electron chi connectivity index (χ4n) is 1.44. The summed E-state index contributed by atoms with van der Waals surface area (Å²) < 4.78 is 15.3. The molecule has 0 bridgehead atoms. The highest BCUT2D eigenvalue weighted by molar-refractivity contribution is 5.38. The molecule has 0 spiro atoms. The quantitative estimate of drug-likeness (QED) is 0.898. The highest BCUT2D eigenvalue weighted by atomic mass is 16.5. The van der Waals surface area contributed by atoms with Crippen LogP contribution in [0.5, 0.6) is 29.5 Å². The molecule has 0 unspecified atom stereocenters. The molecule has 1 aromatic heterocycles. The molecule has 1 aromatic carbocycles. The zero-order valence-corrected chi connectivity index (χ0v) is 10.7. The first kappa shape index (κ1) is 12.9. The maximum absolute atomic E-state index is 9.49. The van der Waals surface area contributed by atoms with Crippen LogP contribution in [0.4, 0.5) is 0 Å². The van der Waals surface area contributed by atoms with Crippen LogP contribution in [0.2, 0.25) is 0 Å². The summed E-state index contributed by atoms with van der Waals surface area (Å²) in [5.41, 5.74) is 0.850. The van der Waals surface area contributed by atoms with Gasteiger partial charge in [-0.25, -0.2) is 0 Å². The average molecular weight is 263 g/mol. The van der Waals surface area contributed by atoms with E-state index in [1.165, 1.54) is 20.3 Å². The molecule has 2 aromatic rings. The first-order valence-corrected chi connectivity index (χ1v) is 5.43. The second kappa shape index (κ2) is 5.38. The number of benzene rings is 1. The molecule has 19 heavy (non-hydrogen) atoms. The van der Waals surface area contributed by atoms with Gasteiger partial charge in [0.1, 0.15) is 11.5 Å². The SMILES string of the molecule is COc1nc(OC)nc(Oc2cc(C)cc(O)c2)n1. The van der Waals surface area contributed by atoms with Crippen molar-refractivity contribution in [3.05, 3.63) is 23.8 Å². The summed E-state index contributed by atoms with van der Waals surface area (Å²) >= 11 is 0. The Morgan fingerprint density at radius 1 is 0.895 bits per heavy atom. The molecule has 1 N–H and O–H groups in total. The average Bonchev–Trinajstić information content (AvgIpc) is 2.37. The van der Waals surface area contributed by atoms with Crippen molar-refractivity contribution in [1.29, 1.82) is 0 Å². The molecule has 1 heterocycles. The van der Waals surface area contributed by atoms with Crippen molar-refractivity contribution in [1.82, 2.24) is 15.0 Å². The van der Waals surface area contributed by atoms with E-state index in [4.69, 9.17) is 14.2 Å². The molecule has 0 amide bonds. The van der Waals surface area contributed by atoms with Crippen LogP contribution in [-0.2, 0) is 0 Å². The van der Waals surface area contributed by atoms with E-state index in [2.05, 4.69) is 15.0 Å². The van der Waals surface area contributed by atoms with Crippen molar-refractivity contribution in [2.24, 2.45) is 0 Å². The first-order chi connectivity index (χ1) is 9.10. The summed E-state index contributed by atoms with van der Waals surface area (Å²) in [4.78, 5) is 11.7. The minimum Gasteiger partial charge on any atom is -0.508 e. The zero-order valence-electron chi connectivity index (χ0n) is 10.7. The summed E-state index contributed by atoms with van der Waals surface area (Å²) in [7, 11) is 2.86. The minimum atomic E-state index is 0.0219. The summed E-state index contributed by atoms with van der Waals surface area (Å²) in [6, 6.07) is 4.99. The van der Waals surface area contributed by atoms with E-state index in [0.29, 0.717) is 5.75 Å². The number of ether oxygens (including phenoxy) is 3. The van der Waals surface area contributed by atoms with Gasteiger partial charge in [-0.1, -0.05) is 0 Å². The van der Waals surface area contributed by atoms with Gasteiger partial charge in [0.15, 0.2) is 0 Å². The maximum atomic E-state index is 9.49. The van der Waals surface area contributed by atoms with Crippen LogP contribution in [0.1, 0.15) is 5.56 Å². The van der Waals surface area contributed by atoms with Gasteiger partial charge in [-0.3, -0.25) is 0 Å². The number of phenolic OH excluding ortho intramolecular Hbond substituents is 1. The van der Waals surface area contributed by atoms with Crippen LogP contribution >= 0.6 is 0 Å². The van der Waals surface area contributed by atoms with Gasteiger partial charge in [0.2, 0.25) is 0 Å². The summed E-state index contributed by atoms with van der Waals surface area (Å²) in [6.07, 6.45) is 0. The second-order valence-electron chi connectivity index (χ2n) is 3.70. The largest absolute Gasteiger partial charge is 0.508 e. The Labute approximate surface area is 109 Å². The van der Waals surface area contributed by atoms with Crippen LogP contribution in [-0.4, -0.2) is 34.3 Å². The minimum absolute atomic E-state index is 0.0219. The molecular formula is C12H13N3O4. The third-order valence-corrected chi connectivity index (χ3v) is 2.18. The van der Waals surface area contributed by atoms with Crippen LogP contribution in [0, 0.1) is 6.92 Å². The first-order valence-electron chi connectivity index (χ1n) is 5.43. The standard InChI is InChI=1S/C12H13N3O4/c1-7-4-8(16)6-9(5-7)19-12-14-10(17-2)13-11(15-12)18-3/h4-6,16H,1-3H3. The molecule has 0 aliphatic carbocycles. The predicted molar refractivity (Wildman–Crippen MR) is 65.8 cm³/mol. The molecule has 2 rings (SSSR count). The van der Waals surface area contributed by atoms with Gasteiger partial charge in [0.05, 0.1) is 14.2 Å². The number of aromatic nitrogens is 3. The molecule has 100 valence electrons.